The first-order valence-electron chi connectivity index (χ1n) is 9.01. The number of halogens is 3. The normalized spacial score (nSPS) is 11.3. The average molecular weight is 449 g/mol. The van der Waals surface area contributed by atoms with Crippen LogP contribution < -0.4 is 10.6 Å². The van der Waals surface area contributed by atoms with Crippen molar-refractivity contribution in [2.75, 3.05) is 16.4 Å². The van der Waals surface area contributed by atoms with Crippen molar-refractivity contribution in [2.45, 2.75) is 18.3 Å². The number of hydrogen-bond acceptors (Lipinski definition) is 5. The highest BCUT2D eigenvalue weighted by Crippen LogP contribution is 2.34. The number of rotatable bonds is 6. The Hall–Kier alpha value is -3.34. The molecular weight excluding hydrogens is 431 g/mol. The number of carbonyl (C=O) groups is 2. The van der Waals surface area contributed by atoms with Gasteiger partial charge in [0, 0.05) is 25.2 Å². The third-order valence-electron chi connectivity index (χ3n) is 4.14. The summed E-state index contributed by atoms with van der Waals surface area (Å²) >= 11 is 1.05. The van der Waals surface area contributed by atoms with Crippen molar-refractivity contribution in [1.29, 1.82) is 0 Å². The monoisotopic (exact) mass is 449 g/mol. The summed E-state index contributed by atoms with van der Waals surface area (Å²) in [5, 5.41) is 13.5. The van der Waals surface area contributed by atoms with Gasteiger partial charge in [-0.1, -0.05) is 23.9 Å². The van der Waals surface area contributed by atoms with Gasteiger partial charge in [0.1, 0.15) is 0 Å². The Balaban J connectivity index is 1.65. The van der Waals surface area contributed by atoms with Crippen molar-refractivity contribution in [2.24, 2.45) is 7.05 Å². The molecule has 162 valence electrons. The van der Waals surface area contributed by atoms with Crippen LogP contribution in [0.5, 0.6) is 0 Å². The molecule has 3 rings (SSSR count). The van der Waals surface area contributed by atoms with E-state index < -0.39 is 17.6 Å². The van der Waals surface area contributed by atoms with Gasteiger partial charge in [0.15, 0.2) is 11.0 Å². The van der Waals surface area contributed by atoms with Crippen LogP contribution in [0.25, 0.3) is 11.4 Å². The molecule has 0 aliphatic rings. The Morgan fingerprint density at radius 3 is 2.35 bits per heavy atom. The van der Waals surface area contributed by atoms with Crippen LogP contribution in [-0.4, -0.2) is 32.3 Å². The molecule has 0 atom stereocenters. The predicted octanol–water partition coefficient (Wildman–Crippen LogP) is 4.19. The Kier molecular flexibility index (Phi) is 6.64. The van der Waals surface area contributed by atoms with Crippen LogP contribution in [0, 0.1) is 0 Å². The standard InChI is InChI=1S/C20H18F3N5O2S/c1-12(29)24-14-9-7-13(8-10-14)18-26-27-19(28(18)2)31-11-17(30)25-16-6-4-3-5-15(16)20(21,22)23/h3-10H,11H2,1-2H3,(H,24,29)(H,25,30). The Morgan fingerprint density at radius 2 is 1.71 bits per heavy atom. The topological polar surface area (TPSA) is 88.9 Å². The highest BCUT2D eigenvalue weighted by molar-refractivity contribution is 7.99. The molecule has 31 heavy (non-hydrogen) atoms. The first-order valence-corrected chi connectivity index (χ1v) is 10.00. The van der Waals surface area contributed by atoms with Crippen LogP contribution in [-0.2, 0) is 22.8 Å². The van der Waals surface area contributed by atoms with Gasteiger partial charge < -0.3 is 15.2 Å². The smallest absolute Gasteiger partial charge is 0.326 e. The zero-order valence-electron chi connectivity index (χ0n) is 16.5. The SMILES string of the molecule is CC(=O)Nc1ccc(-c2nnc(SCC(=O)Nc3ccccc3C(F)(F)F)n2C)cc1. The molecule has 11 heteroatoms. The van der Waals surface area contributed by atoms with Crippen LogP contribution in [0.4, 0.5) is 24.5 Å². The molecule has 0 spiro atoms. The lowest BCUT2D eigenvalue weighted by molar-refractivity contribution is -0.137. The van der Waals surface area contributed by atoms with E-state index in [9.17, 15) is 22.8 Å². The van der Waals surface area contributed by atoms with Crippen molar-refractivity contribution in [1.82, 2.24) is 14.8 Å². The number of alkyl halides is 3. The van der Waals surface area contributed by atoms with Crippen molar-refractivity contribution < 1.29 is 22.8 Å². The second-order valence-electron chi connectivity index (χ2n) is 6.50. The Labute approximate surface area is 180 Å². The highest BCUT2D eigenvalue weighted by Gasteiger charge is 2.33. The second-order valence-corrected chi connectivity index (χ2v) is 7.45. The molecule has 7 nitrogen and oxygen atoms in total. The molecule has 0 fully saturated rings. The van der Waals surface area contributed by atoms with E-state index in [0.29, 0.717) is 16.7 Å². The molecule has 0 saturated heterocycles. The van der Waals surface area contributed by atoms with Gasteiger partial charge in [0.25, 0.3) is 0 Å². The Morgan fingerprint density at radius 1 is 1.03 bits per heavy atom. The van der Waals surface area contributed by atoms with Gasteiger partial charge in [0.05, 0.1) is 17.0 Å². The molecule has 1 aromatic heterocycles. The molecule has 0 radical (unpaired) electrons. The van der Waals surface area contributed by atoms with Gasteiger partial charge in [-0.2, -0.15) is 13.2 Å². The van der Waals surface area contributed by atoms with Gasteiger partial charge in [-0.3, -0.25) is 9.59 Å². The van der Waals surface area contributed by atoms with Gasteiger partial charge in [-0.05, 0) is 36.4 Å². The van der Waals surface area contributed by atoms with E-state index in [-0.39, 0.29) is 17.3 Å². The van der Waals surface area contributed by atoms with Gasteiger partial charge in [0.2, 0.25) is 11.8 Å². The minimum Gasteiger partial charge on any atom is -0.326 e. The molecule has 1 heterocycles. The largest absolute Gasteiger partial charge is 0.418 e. The zero-order chi connectivity index (χ0) is 22.6. The third-order valence-corrected chi connectivity index (χ3v) is 5.16. The number of nitrogens with zero attached hydrogens (tertiary/aromatic N) is 3. The number of carbonyl (C=O) groups excluding carboxylic acids is 2. The van der Waals surface area contributed by atoms with E-state index in [0.717, 1.165) is 23.4 Å². The Bertz CT molecular complexity index is 1100. The number of anilines is 2. The average Bonchev–Trinajstić information content (AvgIpc) is 3.06. The number of para-hydroxylation sites is 1. The molecule has 3 aromatic rings. The number of amides is 2. The number of benzene rings is 2. The van der Waals surface area contributed by atoms with Crippen LogP contribution in [0.3, 0.4) is 0 Å². The summed E-state index contributed by atoms with van der Waals surface area (Å²) in [4.78, 5) is 23.3. The van der Waals surface area contributed by atoms with Crippen LogP contribution in [0.15, 0.2) is 53.7 Å². The van der Waals surface area contributed by atoms with Crippen molar-refractivity contribution in [3.8, 4) is 11.4 Å². The summed E-state index contributed by atoms with van der Waals surface area (Å²) in [5.74, 6) is -0.369. The maximum Gasteiger partial charge on any atom is 0.418 e. The maximum absolute atomic E-state index is 13.1. The zero-order valence-corrected chi connectivity index (χ0v) is 17.3. The minimum absolute atomic E-state index is 0.139. The lowest BCUT2D eigenvalue weighted by Gasteiger charge is -2.13. The number of hydrogen-bond donors (Lipinski definition) is 2. The van der Waals surface area contributed by atoms with Gasteiger partial charge in [-0.15, -0.1) is 10.2 Å². The maximum atomic E-state index is 13.1. The van der Waals surface area contributed by atoms with E-state index in [4.69, 9.17) is 0 Å². The molecule has 0 unspecified atom stereocenters. The molecular formula is C20H18F3N5O2S. The molecule has 2 aromatic carbocycles. The third kappa shape index (κ3) is 5.63. The quantitative estimate of drug-likeness (QED) is 0.551. The summed E-state index contributed by atoms with van der Waals surface area (Å²) in [7, 11) is 1.72. The van der Waals surface area contributed by atoms with Crippen molar-refractivity contribution >= 4 is 35.0 Å². The number of thioether (sulfide) groups is 1. The molecule has 2 amide bonds. The van der Waals surface area contributed by atoms with E-state index in [1.165, 1.54) is 25.1 Å². The van der Waals surface area contributed by atoms with E-state index in [2.05, 4.69) is 20.8 Å². The molecule has 0 aliphatic heterocycles. The van der Waals surface area contributed by atoms with Crippen LogP contribution in [0.1, 0.15) is 12.5 Å². The molecule has 2 N–H and O–H groups in total. The van der Waals surface area contributed by atoms with Crippen LogP contribution in [0.2, 0.25) is 0 Å². The van der Waals surface area contributed by atoms with E-state index in [1.54, 1.807) is 35.9 Å². The second kappa shape index (κ2) is 9.21. The van der Waals surface area contributed by atoms with Crippen molar-refractivity contribution in [3.63, 3.8) is 0 Å². The molecule has 0 bridgehead atoms. The first kappa shape index (κ1) is 22.3. The summed E-state index contributed by atoms with van der Waals surface area (Å²) < 4.78 is 40.8. The van der Waals surface area contributed by atoms with Gasteiger partial charge >= 0.3 is 6.18 Å². The van der Waals surface area contributed by atoms with Gasteiger partial charge in [-0.25, -0.2) is 0 Å². The lowest BCUT2D eigenvalue weighted by atomic mass is 10.1. The molecule has 0 aliphatic carbocycles. The van der Waals surface area contributed by atoms with E-state index >= 15 is 0 Å². The summed E-state index contributed by atoms with van der Waals surface area (Å²) in [6, 6.07) is 11.8. The highest BCUT2D eigenvalue weighted by atomic mass is 32.2. The van der Waals surface area contributed by atoms with Crippen molar-refractivity contribution in [3.05, 3.63) is 54.1 Å². The summed E-state index contributed by atoms with van der Waals surface area (Å²) in [6.07, 6.45) is -4.56. The van der Waals surface area contributed by atoms with E-state index in [1.807, 2.05) is 0 Å². The summed E-state index contributed by atoms with van der Waals surface area (Å²) in [5.41, 5.74) is 0.193. The first-order chi connectivity index (χ1) is 14.6. The minimum atomic E-state index is -4.56. The number of nitrogens with one attached hydrogen (secondary N) is 2. The lowest BCUT2D eigenvalue weighted by Crippen LogP contribution is -2.18. The summed E-state index contributed by atoms with van der Waals surface area (Å²) in [6.45, 7) is 1.41. The van der Waals surface area contributed by atoms with Crippen LogP contribution >= 0.6 is 11.8 Å². The predicted molar refractivity (Wildman–Crippen MR) is 112 cm³/mol. The molecule has 0 saturated carbocycles. The fourth-order valence-electron chi connectivity index (χ4n) is 2.75. The fraction of sp³-hybridized carbons (Fsp3) is 0.200. The fourth-order valence-corrected chi connectivity index (χ4v) is 3.46. The number of aromatic nitrogens is 3.